The van der Waals surface area contributed by atoms with Crippen LogP contribution in [-0.4, -0.2) is 67.3 Å². The van der Waals surface area contributed by atoms with Gasteiger partial charge in [-0.1, -0.05) is 17.7 Å². The van der Waals surface area contributed by atoms with E-state index in [-0.39, 0.29) is 29.6 Å². The van der Waals surface area contributed by atoms with E-state index < -0.39 is 28.8 Å². The molecule has 2 fully saturated rings. The van der Waals surface area contributed by atoms with Crippen molar-refractivity contribution in [1.29, 1.82) is 0 Å². The molecular weight excluding hydrogens is 437 g/mol. The fourth-order valence-electron chi connectivity index (χ4n) is 4.69. The quantitative estimate of drug-likeness (QED) is 0.629. The minimum Gasteiger partial charge on any atom is -0.466 e. The molecule has 168 valence electrons. The number of alkyl halides is 3. The molecule has 3 aliphatic rings. The second kappa shape index (κ2) is 8.35. The van der Waals surface area contributed by atoms with Crippen LogP contribution >= 0.6 is 11.6 Å². The molecule has 3 heterocycles. The third kappa shape index (κ3) is 4.01. The number of hydrogen-bond acceptors (Lipinski definition) is 4. The highest BCUT2D eigenvalue weighted by Crippen LogP contribution is 2.45. The largest absolute Gasteiger partial charge is 0.466 e. The van der Waals surface area contributed by atoms with E-state index >= 15 is 0 Å². The van der Waals surface area contributed by atoms with Gasteiger partial charge in [-0.3, -0.25) is 0 Å². The van der Waals surface area contributed by atoms with Gasteiger partial charge in [0.2, 0.25) is 0 Å². The first kappa shape index (κ1) is 22.0. The van der Waals surface area contributed by atoms with Crippen LogP contribution in [0, 0.1) is 0 Å². The normalized spacial score (nSPS) is 23.9. The van der Waals surface area contributed by atoms with E-state index in [0.717, 1.165) is 6.07 Å². The number of halogens is 4. The summed E-state index contributed by atoms with van der Waals surface area (Å²) in [5, 5.41) is -0.403. The van der Waals surface area contributed by atoms with Gasteiger partial charge >= 0.3 is 18.2 Å². The van der Waals surface area contributed by atoms with Crippen molar-refractivity contribution in [2.24, 2.45) is 0 Å². The number of fused-ring (bicyclic) bond motifs is 2. The summed E-state index contributed by atoms with van der Waals surface area (Å²) >= 11 is 5.77. The molecule has 0 N–H and O–H groups in total. The van der Waals surface area contributed by atoms with E-state index in [1.165, 1.54) is 19.2 Å². The average molecular weight is 459 g/mol. The lowest BCUT2D eigenvalue weighted by Gasteiger charge is -2.41. The van der Waals surface area contributed by atoms with E-state index in [4.69, 9.17) is 21.1 Å². The molecule has 1 aromatic carbocycles. The van der Waals surface area contributed by atoms with Gasteiger partial charge in [0.05, 0.1) is 42.5 Å². The minimum absolute atomic E-state index is 0.177. The maximum Gasteiger partial charge on any atom is 0.417 e. The predicted octanol–water partition coefficient (Wildman–Crippen LogP) is 3.97. The van der Waals surface area contributed by atoms with Crippen molar-refractivity contribution in [2.75, 3.05) is 33.4 Å². The average Bonchev–Trinajstić information content (AvgIpc) is 3.06. The van der Waals surface area contributed by atoms with Crippen molar-refractivity contribution < 1.29 is 32.2 Å². The van der Waals surface area contributed by atoms with E-state index in [9.17, 15) is 22.8 Å². The van der Waals surface area contributed by atoms with Crippen LogP contribution in [0.15, 0.2) is 23.8 Å². The summed E-state index contributed by atoms with van der Waals surface area (Å²) in [6.07, 6.45) is -3.14. The smallest absolute Gasteiger partial charge is 0.417 e. The zero-order valence-corrected chi connectivity index (χ0v) is 17.6. The molecule has 4 rings (SSSR count). The van der Waals surface area contributed by atoms with Gasteiger partial charge in [-0.25, -0.2) is 9.59 Å². The molecule has 2 amide bonds. The molecule has 2 bridgehead atoms. The number of hydrogen-bond donors (Lipinski definition) is 0. The molecule has 0 aromatic heterocycles. The van der Waals surface area contributed by atoms with Crippen LogP contribution in [0.2, 0.25) is 5.02 Å². The van der Waals surface area contributed by atoms with Crippen LogP contribution in [0.25, 0.3) is 5.57 Å². The van der Waals surface area contributed by atoms with Gasteiger partial charge in [0.15, 0.2) is 0 Å². The number of ether oxygens (including phenoxy) is 2. The molecule has 6 nitrogen and oxygen atoms in total. The van der Waals surface area contributed by atoms with E-state index in [0.29, 0.717) is 44.7 Å². The highest BCUT2D eigenvalue weighted by molar-refractivity contribution is 6.31. The van der Waals surface area contributed by atoms with Crippen LogP contribution in [0.4, 0.5) is 18.0 Å². The molecule has 0 aliphatic carbocycles. The van der Waals surface area contributed by atoms with Gasteiger partial charge < -0.3 is 19.3 Å². The zero-order valence-electron chi connectivity index (χ0n) is 16.9. The lowest BCUT2D eigenvalue weighted by Crippen LogP contribution is -2.54. The lowest BCUT2D eigenvalue weighted by atomic mass is 9.87. The van der Waals surface area contributed by atoms with Gasteiger partial charge in [-0.15, -0.1) is 0 Å². The SMILES string of the molecule is COC(=O)C1=C(c2ccc(Cl)c(C(F)(F)F)c2)CC2CCC1N2C(=O)N1CCOCC1. The monoisotopic (exact) mass is 458 g/mol. The number of amides is 2. The number of methoxy groups -OCH3 is 1. The Morgan fingerprint density at radius 2 is 1.90 bits per heavy atom. The van der Waals surface area contributed by atoms with E-state index in [2.05, 4.69) is 0 Å². The molecule has 0 saturated carbocycles. The maximum atomic E-state index is 13.4. The molecule has 1 aromatic rings. The maximum absolute atomic E-state index is 13.4. The van der Waals surface area contributed by atoms with Crippen molar-refractivity contribution in [3.63, 3.8) is 0 Å². The van der Waals surface area contributed by atoms with Crippen molar-refractivity contribution in [3.05, 3.63) is 39.9 Å². The number of esters is 1. The van der Waals surface area contributed by atoms with Gasteiger partial charge in [-0.05, 0) is 42.5 Å². The summed E-state index contributed by atoms with van der Waals surface area (Å²) in [6, 6.07) is 2.72. The Hall–Kier alpha value is -2.26. The van der Waals surface area contributed by atoms with Gasteiger partial charge in [0.1, 0.15) is 0 Å². The number of carbonyl (C=O) groups excluding carboxylic acids is 2. The van der Waals surface area contributed by atoms with Crippen LogP contribution in [0.3, 0.4) is 0 Å². The molecular formula is C21H22ClF3N2O4. The number of morpholine rings is 1. The summed E-state index contributed by atoms with van der Waals surface area (Å²) in [5.41, 5.74) is 0.0379. The zero-order chi connectivity index (χ0) is 22.3. The topological polar surface area (TPSA) is 59.1 Å². The number of rotatable bonds is 2. The fraction of sp³-hybridized carbons (Fsp3) is 0.524. The Morgan fingerprint density at radius 3 is 2.55 bits per heavy atom. The third-order valence-electron chi connectivity index (χ3n) is 6.13. The lowest BCUT2D eigenvalue weighted by molar-refractivity contribution is -0.138. The molecule has 3 aliphatic heterocycles. The number of benzene rings is 1. The Balaban J connectivity index is 1.76. The summed E-state index contributed by atoms with van der Waals surface area (Å²) in [7, 11) is 1.23. The molecule has 0 spiro atoms. The van der Waals surface area contributed by atoms with Crippen LogP contribution < -0.4 is 0 Å². The fourth-order valence-corrected chi connectivity index (χ4v) is 4.92. The first-order valence-electron chi connectivity index (χ1n) is 10.1. The van der Waals surface area contributed by atoms with Crippen molar-refractivity contribution in [1.82, 2.24) is 9.80 Å². The molecule has 10 heteroatoms. The van der Waals surface area contributed by atoms with Crippen LogP contribution in [-0.2, 0) is 20.4 Å². The molecule has 2 atom stereocenters. The predicted molar refractivity (Wildman–Crippen MR) is 106 cm³/mol. The van der Waals surface area contributed by atoms with Crippen molar-refractivity contribution >= 4 is 29.2 Å². The van der Waals surface area contributed by atoms with Crippen LogP contribution in [0.5, 0.6) is 0 Å². The van der Waals surface area contributed by atoms with E-state index in [1.807, 2.05) is 0 Å². The first-order chi connectivity index (χ1) is 14.7. The highest BCUT2D eigenvalue weighted by Gasteiger charge is 2.48. The highest BCUT2D eigenvalue weighted by atomic mass is 35.5. The molecule has 2 saturated heterocycles. The van der Waals surface area contributed by atoms with Gasteiger partial charge in [0.25, 0.3) is 0 Å². The third-order valence-corrected chi connectivity index (χ3v) is 6.46. The second-order valence-corrected chi connectivity index (χ2v) is 8.22. The summed E-state index contributed by atoms with van der Waals surface area (Å²) in [6.45, 7) is 1.83. The molecule has 0 radical (unpaired) electrons. The Kier molecular flexibility index (Phi) is 5.91. The Bertz CT molecular complexity index is 928. The van der Waals surface area contributed by atoms with Crippen molar-refractivity contribution in [2.45, 2.75) is 37.5 Å². The minimum atomic E-state index is -4.62. The summed E-state index contributed by atoms with van der Waals surface area (Å²) < 4.78 is 50.5. The Morgan fingerprint density at radius 1 is 1.19 bits per heavy atom. The van der Waals surface area contributed by atoms with Crippen molar-refractivity contribution in [3.8, 4) is 0 Å². The van der Waals surface area contributed by atoms with E-state index in [1.54, 1.807) is 9.80 Å². The number of nitrogens with zero attached hydrogens (tertiary/aromatic N) is 2. The number of carbonyl (C=O) groups is 2. The molecule has 31 heavy (non-hydrogen) atoms. The van der Waals surface area contributed by atoms with Gasteiger partial charge in [-0.2, -0.15) is 13.2 Å². The number of urea groups is 1. The summed E-state index contributed by atoms with van der Waals surface area (Å²) in [4.78, 5) is 29.3. The first-order valence-corrected chi connectivity index (χ1v) is 10.4. The molecule has 2 unspecified atom stereocenters. The second-order valence-electron chi connectivity index (χ2n) is 7.82. The Labute approximate surface area is 182 Å². The standard InChI is InChI=1S/C21H22ClF3N2O4/c1-30-19(28)18-14(12-2-4-16(22)15(10-12)21(23,24)25)11-13-3-5-17(18)27(13)20(29)26-6-8-31-9-7-26/h2,4,10,13,17H,3,5-9,11H2,1H3. The van der Waals surface area contributed by atoms with Gasteiger partial charge in [0, 0.05) is 19.1 Å². The van der Waals surface area contributed by atoms with Crippen LogP contribution in [0.1, 0.15) is 30.4 Å². The summed E-state index contributed by atoms with van der Waals surface area (Å²) in [5.74, 6) is -0.636.